The Hall–Kier alpha value is -1.94. The predicted molar refractivity (Wildman–Crippen MR) is 84.8 cm³/mol. The summed E-state index contributed by atoms with van der Waals surface area (Å²) >= 11 is 5.91. The van der Waals surface area contributed by atoms with E-state index in [0.717, 1.165) is 34.7 Å². The molecule has 0 saturated heterocycles. The van der Waals surface area contributed by atoms with Gasteiger partial charge < -0.3 is 4.57 Å². The number of alkyl halides is 1. The zero-order chi connectivity index (χ0) is 14.8. The molecule has 108 valence electrons. The Morgan fingerprint density at radius 1 is 1.24 bits per heavy atom. The smallest absolute Gasteiger partial charge is 0.160 e. The lowest BCUT2D eigenvalue weighted by Gasteiger charge is -2.09. The number of halogens is 1. The van der Waals surface area contributed by atoms with Gasteiger partial charge in [-0.2, -0.15) is 0 Å². The van der Waals surface area contributed by atoms with Gasteiger partial charge >= 0.3 is 0 Å². The van der Waals surface area contributed by atoms with E-state index in [-0.39, 0.29) is 0 Å². The molecule has 4 nitrogen and oxygen atoms in total. The molecule has 0 unspecified atom stereocenters. The zero-order valence-electron chi connectivity index (χ0n) is 12.2. The van der Waals surface area contributed by atoms with E-state index in [2.05, 4.69) is 38.6 Å². The lowest BCUT2D eigenvalue weighted by molar-refractivity contribution is 0.727. The summed E-state index contributed by atoms with van der Waals surface area (Å²) in [5.41, 5.74) is 5.13. The van der Waals surface area contributed by atoms with Gasteiger partial charge in [0.1, 0.15) is 11.3 Å². The van der Waals surface area contributed by atoms with Crippen LogP contribution < -0.4 is 0 Å². The van der Waals surface area contributed by atoms with E-state index in [1.54, 1.807) is 0 Å². The Balaban J connectivity index is 2.11. The molecule has 0 bridgehead atoms. The molecule has 5 heteroatoms. The quantitative estimate of drug-likeness (QED) is 0.695. The van der Waals surface area contributed by atoms with Crippen LogP contribution in [0.4, 0.5) is 0 Å². The number of hydrogen-bond acceptors (Lipinski definition) is 3. The molecule has 0 radical (unpaired) electrons. The molecule has 0 aliphatic rings. The molecule has 3 aromatic rings. The van der Waals surface area contributed by atoms with Gasteiger partial charge in [-0.3, -0.25) is 4.98 Å². The van der Waals surface area contributed by atoms with Gasteiger partial charge in [-0.1, -0.05) is 6.07 Å². The molecule has 3 rings (SSSR count). The maximum atomic E-state index is 5.91. The van der Waals surface area contributed by atoms with Crippen molar-refractivity contribution < 1.29 is 0 Å². The molecule has 0 amide bonds. The first-order valence-corrected chi connectivity index (χ1v) is 7.50. The Labute approximate surface area is 128 Å². The SMILES string of the molecule is Cc1cnc2c(c1)nc(CCCl)n2Cc1ncccc1C. The fourth-order valence-electron chi connectivity index (χ4n) is 2.43. The van der Waals surface area contributed by atoms with Crippen molar-refractivity contribution in [1.29, 1.82) is 0 Å². The third kappa shape index (κ3) is 2.76. The van der Waals surface area contributed by atoms with E-state index in [0.29, 0.717) is 12.4 Å². The number of fused-ring (bicyclic) bond motifs is 1. The van der Waals surface area contributed by atoms with E-state index < -0.39 is 0 Å². The van der Waals surface area contributed by atoms with Crippen molar-refractivity contribution in [3.05, 3.63) is 53.2 Å². The number of pyridine rings is 2. The van der Waals surface area contributed by atoms with Crippen molar-refractivity contribution in [2.24, 2.45) is 0 Å². The van der Waals surface area contributed by atoms with Crippen molar-refractivity contribution in [1.82, 2.24) is 19.5 Å². The van der Waals surface area contributed by atoms with Gasteiger partial charge in [0, 0.05) is 24.7 Å². The van der Waals surface area contributed by atoms with E-state index in [1.807, 2.05) is 25.4 Å². The highest BCUT2D eigenvalue weighted by atomic mass is 35.5. The highest BCUT2D eigenvalue weighted by molar-refractivity contribution is 6.17. The second-order valence-electron chi connectivity index (χ2n) is 5.18. The van der Waals surface area contributed by atoms with Gasteiger partial charge in [0.2, 0.25) is 0 Å². The van der Waals surface area contributed by atoms with Crippen LogP contribution in [0.3, 0.4) is 0 Å². The van der Waals surface area contributed by atoms with Crippen molar-refractivity contribution >= 4 is 22.8 Å². The van der Waals surface area contributed by atoms with Gasteiger partial charge in [-0.05, 0) is 37.1 Å². The minimum Gasteiger partial charge on any atom is -0.307 e. The van der Waals surface area contributed by atoms with Crippen LogP contribution in [0.2, 0.25) is 0 Å². The van der Waals surface area contributed by atoms with Crippen LogP contribution in [0.5, 0.6) is 0 Å². The van der Waals surface area contributed by atoms with Crippen LogP contribution in [0.15, 0.2) is 30.6 Å². The fourth-order valence-corrected chi connectivity index (χ4v) is 2.60. The molecule has 0 N–H and O–H groups in total. The van der Waals surface area contributed by atoms with Gasteiger partial charge in [0.15, 0.2) is 5.65 Å². The molecule has 3 heterocycles. The number of imidazole rings is 1. The first-order valence-electron chi connectivity index (χ1n) is 6.97. The molecular weight excluding hydrogens is 284 g/mol. The van der Waals surface area contributed by atoms with Crippen molar-refractivity contribution in [3.63, 3.8) is 0 Å². The summed E-state index contributed by atoms with van der Waals surface area (Å²) in [6.07, 6.45) is 4.42. The van der Waals surface area contributed by atoms with Crippen LogP contribution in [0.1, 0.15) is 22.6 Å². The molecule has 3 aromatic heterocycles. The number of aromatic nitrogens is 4. The first-order chi connectivity index (χ1) is 10.2. The lowest BCUT2D eigenvalue weighted by atomic mass is 10.2. The summed E-state index contributed by atoms with van der Waals surface area (Å²) in [5.74, 6) is 1.51. The van der Waals surface area contributed by atoms with Crippen molar-refractivity contribution in [2.75, 3.05) is 5.88 Å². The van der Waals surface area contributed by atoms with E-state index in [1.165, 1.54) is 5.56 Å². The van der Waals surface area contributed by atoms with Crippen molar-refractivity contribution in [2.45, 2.75) is 26.8 Å². The van der Waals surface area contributed by atoms with Gasteiger partial charge in [-0.25, -0.2) is 9.97 Å². The molecule has 0 aliphatic carbocycles. The zero-order valence-corrected chi connectivity index (χ0v) is 12.9. The van der Waals surface area contributed by atoms with Crippen LogP contribution in [-0.2, 0) is 13.0 Å². The average Bonchev–Trinajstić information content (AvgIpc) is 2.79. The third-order valence-corrected chi connectivity index (χ3v) is 3.73. The summed E-state index contributed by atoms with van der Waals surface area (Å²) in [6, 6.07) is 6.08. The highest BCUT2D eigenvalue weighted by Crippen LogP contribution is 2.18. The Morgan fingerprint density at radius 3 is 2.86 bits per heavy atom. The topological polar surface area (TPSA) is 43.6 Å². The Morgan fingerprint density at radius 2 is 2.10 bits per heavy atom. The standard InChI is InChI=1S/C16H17ClN4/c1-11-8-13-16(19-9-11)21(15(20-13)5-6-17)10-14-12(2)4-3-7-18-14/h3-4,7-9H,5-6,10H2,1-2H3. The molecule has 21 heavy (non-hydrogen) atoms. The van der Waals surface area contributed by atoms with Gasteiger partial charge in [-0.15, -0.1) is 11.6 Å². The normalized spacial score (nSPS) is 11.2. The molecule has 0 fully saturated rings. The molecule has 0 atom stereocenters. The van der Waals surface area contributed by atoms with Crippen molar-refractivity contribution in [3.8, 4) is 0 Å². The maximum absolute atomic E-state index is 5.91. The number of hydrogen-bond donors (Lipinski definition) is 0. The monoisotopic (exact) mass is 300 g/mol. The van der Waals surface area contributed by atoms with E-state index in [4.69, 9.17) is 11.6 Å². The fraction of sp³-hybridized carbons (Fsp3) is 0.312. The number of nitrogens with zero attached hydrogens (tertiary/aromatic N) is 4. The first kappa shape index (κ1) is 14.0. The summed E-state index contributed by atoms with van der Waals surface area (Å²) in [7, 11) is 0. The average molecular weight is 301 g/mol. The van der Waals surface area contributed by atoms with Gasteiger partial charge in [0.05, 0.1) is 12.2 Å². The van der Waals surface area contributed by atoms with E-state index >= 15 is 0 Å². The molecular formula is C16H17ClN4. The number of rotatable bonds is 4. The lowest BCUT2D eigenvalue weighted by Crippen LogP contribution is -2.09. The highest BCUT2D eigenvalue weighted by Gasteiger charge is 2.13. The van der Waals surface area contributed by atoms with Crippen LogP contribution >= 0.6 is 11.6 Å². The molecule has 0 spiro atoms. The van der Waals surface area contributed by atoms with E-state index in [9.17, 15) is 0 Å². The third-order valence-electron chi connectivity index (χ3n) is 3.54. The summed E-state index contributed by atoms with van der Waals surface area (Å²) in [4.78, 5) is 13.7. The van der Waals surface area contributed by atoms with Crippen LogP contribution in [0, 0.1) is 13.8 Å². The van der Waals surface area contributed by atoms with Gasteiger partial charge in [0.25, 0.3) is 0 Å². The summed E-state index contributed by atoms with van der Waals surface area (Å²) < 4.78 is 2.12. The molecule has 0 saturated carbocycles. The second-order valence-corrected chi connectivity index (χ2v) is 5.55. The minimum atomic E-state index is 0.545. The summed E-state index contributed by atoms with van der Waals surface area (Å²) in [5, 5.41) is 0. The van der Waals surface area contributed by atoms with Crippen LogP contribution in [-0.4, -0.2) is 25.4 Å². The molecule has 0 aromatic carbocycles. The Kier molecular flexibility index (Phi) is 3.88. The predicted octanol–water partition coefficient (Wildman–Crippen LogP) is 3.27. The minimum absolute atomic E-state index is 0.545. The second kappa shape index (κ2) is 5.82. The molecule has 0 aliphatic heterocycles. The van der Waals surface area contributed by atoms with Crippen LogP contribution in [0.25, 0.3) is 11.2 Å². The summed E-state index contributed by atoms with van der Waals surface area (Å²) in [6.45, 7) is 4.77. The number of aryl methyl sites for hydroxylation is 3. The largest absolute Gasteiger partial charge is 0.307 e. The maximum Gasteiger partial charge on any atom is 0.160 e. The Bertz CT molecular complexity index is 779.